The van der Waals surface area contributed by atoms with E-state index in [0.717, 1.165) is 21.6 Å². The lowest BCUT2D eigenvalue weighted by molar-refractivity contribution is 0.101. The van der Waals surface area contributed by atoms with Crippen molar-refractivity contribution in [1.82, 2.24) is 0 Å². The van der Waals surface area contributed by atoms with Crippen LogP contribution in [-0.4, -0.2) is 12.9 Å². The van der Waals surface area contributed by atoms with Crippen LogP contribution in [0.25, 0.3) is 0 Å². The zero-order valence-electron chi connectivity index (χ0n) is 11.2. The Hall–Kier alpha value is -2.01. The summed E-state index contributed by atoms with van der Waals surface area (Å²) >= 11 is 3.40. The Morgan fingerprint density at radius 3 is 2.45 bits per heavy atom. The third-order valence-corrected chi connectivity index (χ3v) is 3.53. The molecule has 0 unspecified atom stereocenters. The van der Waals surface area contributed by atoms with E-state index < -0.39 is 0 Å². The van der Waals surface area contributed by atoms with Crippen molar-refractivity contribution in [3.8, 4) is 5.75 Å². The molecular formula is C15H15BrN2O2. The number of carbonyl (C=O) groups is 1. The number of nitrogens with one attached hydrogen (secondary N) is 1. The van der Waals surface area contributed by atoms with Gasteiger partial charge in [0.2, 0.25) is 0 Å². The molecule has 0 saturated carbocycles. The van der Waals surface area contributed by atoms with Gasteiger partial charge < -0.3 is 15.8 Å². The average Bonchev–Trinajstić information content (AvgIpc) is 2.40. The number of anilines is 3. The second-order valence-corrected chi connectivity index (χ2v) is 5.19. The van der Waals surface area contributed by atoms with Crippen LogP contribution in [0, 0.1) is 0 Å². The third kappa shape index (κ3) is 3.11. The molecule has 3 N–H and O–H groups in total. The summed E-state index contributed by atoms with van der Waals surface area (Å²) in [5.41, 5.74) is 8.55. The fraction of sp³-hybridized carbons (Fsp3) is 0.133. The highest BCUT2D eigenvalue weighted by molar-refractivity contribution is 9.10. The number of benzene rings is 2. The SMILES string of the molecule is COc1cc(Nc2ccc(C(C)=O)c(N)c2)ccc1Br. The minimum absolute atomic E-state index is 0.0423. The van der Waals surface area contributed by atoms with E-state index in [9.17, 15) is 4.79 Å². The van der Waals surface area contributed by atoms with Gasteiger partial charge in [0.25, 0.3) is 0 Å². The molecule has 104 valence electrons. The number of hydrogen-bond donors (Lipinski definition) is 2. The van der Waals surface area contributed by atoms with Gasteiger partial charge in [-0.25, -0.2) is 0 Å². The lowest BCUT2D eigenvalue weighted by Crippen LogP contribution is -2.00. The maximum absolute atomic E-state index is 11.3. The molecule has 5 heteroatoms. The van der Waals surface area contributed by atoms with E-state index in [1.165, 1.54) is 6.92 Å². The topological polar surface area (TPSA) is 64.3 Å². The minimum Gasteiger partial charge on any atom is -0.495 e. The molecule has 0 bridgehead atoms. The summed E-state index contributed by atoms with van der Waals surface area (Å²) in [6.45, 7) is 1.50. The van der Waals surface area contributed by atoms with Crippen molar-refractivity contribution in [2.45, 2.75) is 6.92 Å². The zero-order valence-corrected chi connectivity index (χ0v) is 12.8. The van der Waals surface area contributed by atoms with Gasteiger partial charge in [-0.1, -0.05) is 0 Å². The number of hydrogen-bond acceptors (Lipinski definition) is 4. The first-order valence-corrected chi connectivity index (χ1v) is 6.81. The van der Waals surface area contributed by atoms with Crippen LogP contribution in [0.5, 0.6) is 5.75 Å². The van der Waals surface area contributed by atoms with Gasteiger partial charge in [0, 0.05) is 28.7 Å². The molecule has 4 nitrogen and oxygen atoms in total. The zero-order chi connectivity index (χ0) is 14.7. The van der Waals surface area contributed by atoms with Crippen LogP contribution in [0.3, 0.4) is 0 Å². The van der Waals surface area contributed by atoms with E-state index in [0.29, 0.717) is 11.3 Å². The molecular weight excluding hydrogens is 320 g/mol. The second-order valence-electron chi connectivity index (χ2n) is 4.33. The van der Waals surface area contributed by atoms with Gasteiger partial charge in [-0.2, -0.15) is 0 Å². The van der Waals surface area contributed by atoms with Crippen LogP contribution in [0.4, 0.5) is 17.1 Å². The van der Waals surface area contributed by atoms with Crippen LogP contribution in [-0.2, 0) is 0 Å². The number of nitrogen functional groups attached to an aromatic ring is 1. The quantitative estimate of drug-likeness (QED) is 0.655. The van der Waals surface area contributed by atoms with E-state index in [4.69, 9.17) is 10.5 Å². The first kappa shape index (κ1) is 14.4. The lowest BCUT2D eigenvalue weighted by Gasteiger charge is -2.11. The minimum atomic E-state index is -0.0423. The van der Waals surface area contributed by atoms with Gasteiger partial charge >= 0.3 is 0 Å². The highest BCUT2D eigenvalue weighted by Crippen LogP contribution is 2.30. The van der Waals surface area contributed by atoms with Gasteiger partial charge in [0.1, 0.15) is 5.75 Å². The molecule has 0 heterocycles. The summed E-state index contributed by atoms with van der Waals surface area (Å²) in [6.07, 6.45) is 0. The van der Waals surface area contributed by atoms with Crippen molar-refractivity contribution in [3.63, 3.8) is 0 Å². The monoisotopic (exact) mass is 334 g/mol. The number of ether oxygens (including phenoxy) is 1. The molecule has 0 atom stereocenters. The summed E-state index contributed by atoms with van der Waals surface area (Å²) in [5.74, 6) is 0.697. The lowest BCUT2D eigenvalue weighted by atomic mass is 10.1. The predicted octanol–water partition coefficient (Wildman–Crippen LogP) is 3.99. The fourth-order valence-electron chi connectivity index (χ4n) is 1.87. The number of Topliss-reactive ketones (excluding diaryl/α,β-unsaturated/α-hetero) is 1. The molecule has 20 heavy (non-hydrogen) atoms. The Balaban J connectivity index is 2.26. The van der Waals surface area contributed by atoms with Crippen molar-refractivity contribution in [2.75, 3.05) is 18.2 Å². The maximum atomic E-state index is 11.3. The Bertz CT molecular complexity index is 656. The van der Waals surface area contributed by atoms with Crippen LogP contribution in [0.1, 0.15) is 17.3 Å². The van der Waals surface area contributed by atoms with Crippen molar-refractivity contribution in [3.05, 3.63) is 46.4 Å². The maximum Gasteiger partial charge on any atom is 0.161 e. The predicted molar refractivity (Wildman–Crippen MR) is 84.8 cm³/mol. The largest absolute Gasteiger partial charge is 0.495 e. The van der Waals surface area contributed by atoms with Crippen molar-refractivity contribution in [2.24, 2.45) is 0 Å². The molecule has 2 aromatic rings. The molecule has 0 aliphatic rings. The van der Waals surface area contributed by atoms with Crippen molar-refractivity contribution < 1.29 is 9.53 Å². The second kappa shape index (κ2) is 5.96. The molecule has 0 aliphatic carbocycles. The standard InChI is InChI=1S/C15H15BrN2O2/c1-9(19)12-5-3-10(7-14(12)17)18-11-4-6-13(16)15(8-11)20-2/h3-8,18H,17H2,1-2H3. The highest BCUT2D eigenvalue weighted by Gasteiger charge is 2.06. The van der Waals surface area contributed by atoms with E-state index in [-0.39, 0.29) is 5.78 Å². The number of rotatable bonds is 4. The fourth-order valence-corrected chi connectivity index (χ4v) is 2.27. The van der Waals surface area contributed by atoms with Crippen LogP contribution in [0.15, 0.2) is 40.9 Å². The van der Waals surface area contributed by atoms with Crippen molar-refractivity contribution in [1.29, 1.82) is 0 Å². The Morgan fingerprint density at radius 1 is 1.20 bits per heavy atom. The van der Waals surface area contributed by atoms with E-state index >= 15 is 0 Å². The number of methoxy groups -OCH3 is 1. The molecule has 0 aliphatic heterocycles. The van der Waals surface area contributed by atoms with Gasteiger partial charge in [0.05, 0.1) is 11.6 Å². The molecule has 0 fully saturated rings. The summed E-state index contributed by atoms with van der Waals surface area (Å²) < 4.78 is 6.13. The number of ketones is 1. The molecule has 0 radical (unpaired) electrons. The molecule has 2 rings (SSSR count). The molecule has 2 aromatic carbocycles. The van der Waals surface area contributed by atoms with Gasteiger partial charge in [-0.3, -0.25) is 4.79 Å². The first-order valence-electron chi connectivity index (χ1n) is 6.02. The number of nitrogens with two attached hydrogens (primary N) is 1. The van der Waals surface area contributed by atoms with E-state index in [1.54, 1.807) is 19.2 Å². The number of halogens is 1. The van der Waals surface area contributed by atoms with Crippen molar-refractivity contribution >= 4 is 38.8 Å². The Morgan fingerprint density at radius 2 is 1.85 bits per heavy atom. The molecule has 0 spiro atoms. The smallest absolute Gasteiger partial charge is 0.161 e. The summed E-state index contributed by atoms with van der Waals surface area (Å²) in [7, 11) is 1.61. The van der Waals surface area contributed by atoms with Crippen LogP contribution < -0.4 is 15.8 Å². The normalized spacial score (nSPS) is 10.2. The van der Waals surface area contributed by atoms with E-state index in [2.05, 4.69) is 21.2 Å². The third-order valence-electron chi connectivity index (χ3n) is 2.87. The summed E-state index contributed by atoms with van der Waals surface area (Å²) in [5, 5.41) is 3.22. The van der Waals surface area contributed by atoms with Gasteiger partial charge in [-0.05, 0) is 53.2 Å². The van der Waals surface area contributed by atoms with E-state index in [1.807, 2.05) is 24.3 Å². The van der Waals surface area contributed by atoms with Crippen LogP contribution in [0.2, 0.25) is 0 Å². The average molecular weight is 335 g/mol. The molecule has 0 saturated heterocycles. The highest BCUT2D eigenvalue weighted by atomic mass is 79.9. The Labute approximate surface area is 126 Å². The first-order chi connectivity index (χ1) is 9.51. The molecule has 0 amide bonds. The summed E-state index contributed by atoms with van der Waals surface area (Å²) in [6, 6.07) is 11.0. The Kier molecular flexibility index (Phi) is 4.29. The van der Waals surface area contributed by atoms with Crippen LogP contribution >= 0.6 is 15.9 Å². The van der Waals surface area contributed by atoms with Gasteiger partial charge in [-0.15, -0.1) is 0 Å². The molecule has 0 aromatic heterocycles. The summed E-state index contributed by atoms with van der Waals surface area (Å²) in [4.78, 5) is 11.3. The van der Waals surface area contributed by atoms with Gasteiger partial charge in [0.15, 0.2) is 5.78 Å². The number of carbonyl (C=O) groups excluding carboxylic acids is 1.